The Morgan fingerprint density at radius 1 is 1.18 bits per heavy atom. The van der Waals surface area contributed by atoms with Crippen LogP contribution in [0.25, 0.3) is 0 Å². The van der Waals surface area contributed by atoms with E-state index >= 15 is 0 Å². The number of hydrogen-bond donors (Lipinski definition) is 0. The molecule has 3 aliphatic carbocycles. The van der Waals surface area contributed by atoms with Gasteiger partial charge in [0.05, 0.1) is 6.61 Å². The fourth-order valence-corrected chi connectivity index (χ4v) is 6.97. The van der Waals surface area contributed by atoms with Gasteiger partial charge in [0.15, 0.2) is 0 Å². The largest absolute Gasteiger partial charge is 0.493 e. The Bertz CT molecular complexity index is 741. The Morgan fingerprint density at radius 3 is 2.79 bits per heavy atom. The predicted octanol–water partition coefficient (Wildman–Crippen LogP) is 6.92. The third-order valence-electron chi connectivity index (χ3n) is 8.60. The van der Waals surface area contributed by atoms with Crippen molar-refractivity contribution in [3.05, 3.63) is 28.8 Å². The quantitative estimate of drug-likeness (QED) is 0.385. The molecule has 0 aromatic heterocycles. The van der Waals surface area contributed by atoms with Gasteiger partial charge in [0.2, 0.25) is 0 Å². The minimum atomic E-state index is 0.488. The zero-order valence-electron chi connectivity index (χ0n) is 18.2. The molecular weight excluding hydrogens is 340 g/mol. The normalized spacial score (nSPS) is 33.5. The molecule has 152 valence electrons. The Hall–Kier alpha value is -1.42. The van der Waals surface area contributed by atoms with Crippen molar-refractivity contribution >= 4 is 0 Å². The van der Waals surface area contributed by atoms with Gasteiger partial charge in [-0.3, -0.25) is 0 Å². The first-order valence-electron chi connectivity index (χ1n) is 11.8. The molecule has 4 rings (SSSR count). The fraction of sp³-hybridized carbons (Fsp3) is 0.704. The Balaban J connectivity index is 1.60. The number of fused-ring (bicyclic) bond motifs is 5. The van der Waals surface area contributed by atoms with E-state index in [1.165, 1.54) is 50.5 Å². The molecule has 1 heteroatoms. The lowest BCUT2D eigenvalue weighted by molar-refractivity contribution is 0.0298. The van der Waals surface area contributed by atoms with Crippen molar-refractivity contribution < 1.29 is 4.74 Å². The van der Waals surface area contributed by atoms with Gasteiger partial charge < -0.3 is 4.74 Å². The van der Waals surface area contributed by atoms with Gasteiger partial charge in [-0.2, -0.15) is 0 Å². The van der Waals surface area contributed by atoms with Crippen LogP contribution in [0.2, 0.25) is 0 Å². The highest BCUT2D eigenvalue weighted by Gasteiger charge is 2.54. The molecular formula is C27H38O. The number of terminal acetylenes is 1. The van der Waals surface area contributed by atoms with Gasteiger partial charge in [-0.05, 0) is 103 Å². The average Bonchev–Trinajstić information content (AvgIpc) is 3.04. The van der Waals surface area contributed by atoms with Crippen molar-refractivity contribution in [2.45, 2.75) is 90.9 Å². The summed E-state index contributed by atoms with van der Waals surface area (Å²) in [7, 11) is 0. The highest BCUT2D eigenvalue weighted by Crippen LogP contribution is 2.63. The van der Waals surface area contributed by atoms with E-state index in [9.17, 15) is 0 Å². The maximum absolute atomic E-state index is 6.18. The molecule has 2 saturated carbocycles. The van der Waals surface area contributed by atoms with E-state index in [0.29, 0.717) is 5.41 Å². The fourth-order valence-electron chi connectivity index (χ4n) is 6.97. The van der Waals surface area contributed by atoms with Crippen LogP contribution in [-0.4, -0.2) is 6.61 Å². The summed E-state index contributed by atoms with van der Waals surface area (Å²) >= 11 is 0. The summed E-state index contributed by atoms with van der Waals surface area (Å²) in [4.78, 5) is 0. The highest BCUT2D eigenvalue weighted by molar-refractivity contribution is 5.46. The molecule has 0 N–H and O–H groups in total. The van der Waals surface area contributed by atoms with Crippen LogP contribution >= 0.6 is 0 Å². The van der Waals surface area contributed by atoms with E-state index in [1.54, 1.807) is 11.1 Å². The summed E-state index contributed by atoms with van der Waals surface area (Å²) in [6.07, 6.45) is 18.2. The summed E-state index contributed by atoms with van der Waals surface area (Å²) in [5, 5.41) is 0. The van der Waals surface area contributed by atoms with Crippen molar-refractivity contribution in [2.75, 3.05) is 6.61 Å². The van der Waals surface area contributed by atoms with Gasteiger partial charge in [0, 0.05) is 6.42 Å². The van der Waals surface area contributed by atoms with Crippen LogP contribution in [-0.2, 0) is 12.8 Å². The van der Waals surface area contributed by atoms with Gasteiger partial charge in [0.25, 0.3) is 0 Å². The third-order valence-corrected chi connectivity index (χ3v) is 8.60. The van der Waals surface area contributed by atoms with E-state index in [2.05, 4.69) is 38.8 Å². The molecule has 3 unspecified atom stereocenters. The SMILES string of the molecule is C#CC[C@H]1CCC2C3CCc4cc(OCCCC)c(CC)cc4C3CC[C@@]21C. The van der Waals surface area contributed by atoms with Crippen molar-refractivity contribution in [1.29, 1.82) is 0 Å². The maximum atomic E-state index is 6.18. The standard InChI is InChI=1S/C27H38O/c1-5-8-16-28-26-18-20-10-12-23-22(24(20)17-19(26)7-3)14-15-27(4)21(9-6-2)11-13-25(23)27/h2,17-18,21-23,25H,5,7-16H2,1,3-4H3/t21-,22?,23?,25?,27+/m0/s1. The van der Waals surface area contributed by atoms with E-state index in [0.717, 1.165) is 55.3 Å². The van der Waals surface area contributed by atoms with E-state index in [4.69, 9.17) is 11.2 Å². The van der Waals surface area contributed by atoms with Crippen molar-refractivity contribution in [1.82, 2.24) is 0 Å². The maximum Gasteiger partial charge on any atom is 0.122 e. The summed E-state index contributed by atoms with van der Waals surface area (Å²) in [6, 6.07) is 4.94. The summed E-state index contributed by atoms with van der Waals surface area (Å²) in [6.45, 7) is 7.92. The smallest absolute Gasteiger partial charge is 0.122 e. The molecule has 0 saturated heterocycles. The van der Waals surface area contributed by atoms with Gasteiger partial charge in [-0.25, -0.2) is 0 Å². The molecule has 0 aliphatic heterocycles. The van der Waals surface area contributed by atoms with Crippen LogP contribution in [0.15, 0.2) is 12.1 Å². The van der Waals surface area contributed by atoms with Crippen molar-refractivity contribution in [2.24, 2.45) is 23.2 Å². The van der Waals surface area contributed by atoms with Crippen LogP contribution in [0.3, 0.4) is 0 Å². The van der Waals surface area contributed by atoms with E-state index in [1.807, 2.05) is 0 Å². The number of aryl methyl sites for hydroxylation is 2. The van der Waals surface area contributed by atoms with Gasteiger partial charge in [-0.1, -0.05) is 33.3 Å². The molecule has 0 radical (unpaired) electrons. The van der Waals surface area contributed by atoms with Crippen LogP contribution in [0.5, 0.6) is 5.75 Å². The van der Waals surface area contributed by atoms with E-state index in [-0.39, 0.29) is 0 Å². The van der Waals surface area contributed by atoms with Crippen LogP contribution in [0.4, 0.5) is 0 Å². The van der Waals surface area contributed by atoms with Crippen molar-refractivity contribution in [3.8, 4) is 18.1 Å². The van der Waals surface area contributed by atoms with Crippen LogP contribution < -0.4 is 4.74 Å². The summed E-state index contributed by atoms with van der Waals surface area (Å²) in [5.41, 5.74) is 5.15. The number of ether oxygens (including phenoxy) is 1. The summed E-state index contributed by atoms with van der Waals surface area (Å²) < 4.78 is 6.18. The zero-order valence-corrected chi connectivity index (χ0v) is 18.2. The minimum absolute atomic E-state index is 0.488. The second-order valence-electron chi connectivity index (χ2n) is 9.86. The molecule has 0 heterocycles. The first-order chi connectivity index (χ1) is 13.6. The average molecular weight is 379 g/mol. The van der Waals surface area contributed by atoms with Gasteiger partial charge in [-0.15, -0.1) is 12.3 Å². The lowest BCUT2D eigenvalue weighted by atomic mass is 9.54. The molecule has 3 aliphatic rings. The lowest BCUT2D eigenvalue weighted by Gasteiger charge is -2.51. The Labute approximate surface area is 172 Å². The zero-order chi connectivity index (χ0) is 19.7. The Kier molecular flexibility index (Phi) is 5.78. The van der Waals surface area contributed by atoms with Gasteiger partial charge in [0.1, 0.15) is 5.75 Å². The molecule has 0 bridgehead atoms. The molecule has 0 amide bonds. The molecule has 2 fully saturated rings. The monoisotopic (exact) mass is 378 g/mol. The van der Waals surface area contributed by atoms with Crippen LogP contribution in [0, 0.1) is 35.5 Å². The molecule has 0 spiro atoms. The highest BCUT2D eigenvalue weighted by atomic mass is 16.5. The molecule has 1 aromatic carbocycles. The number of rotatable bonds is 6. The van der Waals surface area contributed by atoms with Crippen LogP contribution in [0.1, 0.15) is 94.7 Å². The number of unbranched alkanes of at least 4 members (excludes halogenated alkanes) is 1. The second-order valence-corrected chi connectivity index (χ2v) is 9.86. The second kappa shape index (κ2) is 8.14. The number of hydrogen-bond acceptors (Lipinski definition) is 1. The van der Waals surface area contributed by atoms with Crippen molar-refractivity contribution in [3.63, 3.8) is 0 Å². The van der Waals surface area contributed by atoms with E-state index < -0.39 is 0 Å². The third kappa shape index (κ3) is 3.28. The minimum Gasteiger partial charge on any atom is -0.493 e. The summed E-state index contributed by atoms with van der Waals surface area (Å²) in [5.74, 6) is 7.40. The molecule has 28 heavy (non-hydrogen) atoms. The predicted molar refractivity (Wildman–Crippen MR) is 118 cm³/mol. The lowest BCUT2D eigenvalue weighted by Crippen LogP contribution is -2.42. The molecule has 1 aromatic rings. The molecule has 5 atom stereocenters. The first kappa shape index (κ1) is 19.9. The first-order valence-corrected chi connectivity index (χ1v) is 11.8. The number of benzene rings is 1. The van der Waals surface area contributed by atoms with Gasteiger partial charge >= 0.3 is 0 Å². The molecule has 1 nitrogen and oxygen atoms in total. The Morgan fingerprint density at radius 2 is 2.04 bits per heavy atom. The topological polar surface area (TPSA) is 9.23 Å².